The number of rotatable bonds is 3. The third-order valence-electron chi connectivity index (χ3n) is 2.95. The largest absolute Gasteiger partial charge is 0.343 e. The predicted octanol–water partition coefficient (Wildman–Crippen LogP) is 1.29. The normalized spacial score (nSPS) is 17.6. The number of piperidine rings is 1. The first kappa shape index (κ1) is 11.8. The number of aromatic nitrogens is 2. The third-order valence-corrected chi connectivity index (χ3v) is 2.95. The zero-order chi connectivity index (χ0) is 12.1. The van der Waals surface area contributed by atoms with Gasteiger partial charge in [-0.15, -0.1) is 0 Å². The second-order valence-electron chi connectivity index (χ2n) is 4.32. The molecule has 0 saturated carbocycles. The molecule has 1 aliphatic rings. The van der Waals surface area contributed by atoms with Gasteiger partial charge in [0.05, 0.1) is 0 Å². The van der Waals surface area contributed by atoms with Crippen molar-refractivity contribution in [2.24, 2.45) is 0 Å². The minimum atomic E-state index is -0.268. The van der Waals surface area contributed by atoms with Gasteiger partial charge in [0, 0.05) is 25.5 Å². The quantitative estimate of drug-likeness (QED) is 0.856. The SMILES string of the molecule is CC(Nc1ncccn1)C(=O)N1CCCCC1. The summed E-state index contributed by atoms with van der Waals surface area (Å²) >= 11 is 0. The van der Waals surface area contributed by atoms with Crippen molar-refractivity contribution >= 4 is 11.9 Å². The van der Waals surface area contributed by atoms with E-state index in [0.717, 1.165) is 25.9 Å². The number of hydrogen-bond acceptors (Lipinski definition) is 4. The fourth-order valence-corrected chi connectivity index (χ4v) is 2.02. The maximum absolute atomic E-state index is 12.1. The molecule has 17 heavy (non-hydrogen) atoms. The molecule has 1 fully saturated rings. The topological polar surface area (TPSA) is 58.1 Å². The standard InChI is InChI=1S/C12H18N4O/c1-10(15-12-13-6-5-7-14-12)11(17)16-8-3-2-4-9-16/h5-7,10H,2-4,8-9H2,1H3,(H,13,14,15). The molecular formula is C12H18N4O. The van der Waals surface area contributed by atoms with Crippen molar-refractivity contribution < 1.29 is 4.79 Å². The molecule has 1 aliphatic heterocycles. The molecule has 0 spiro atoms. The molecule has 1 aromatic heterocycles. The molecule has 0 aromatic carbocycles. The molecule has 5 nitrogen and oxygen atoms in total. The van der Waals surface area contributed by atoms with Crippen LogP contribution in [0.25, 0.3) is 0 Å². The van der Waals surface area contributed by atoms with E-state index in [2.05, 4.69) is 15.3 Å². The van der Waals surface area contributed by atoms with Crippen molar-refractivity contribution in [3.05, 3.63) is 18.5 Å². The first-order chi connectivity index (χ1) is 8.27. The number of likely N-dealkylation sites (tertiary alicyclic amines) is 1. The zero-order valence-electron chi connectivity index (χ0n) is 10.1. The van der Waals surface area contributed by atoms with Crippen LogP contribution in [0.3, 0.4) is 0 Å². The van der Waals surface area contributed by atoms with Gasteiger partial charge in [0.25, 0.3) is 0 Å². The molecule has 0 radical (unpaired) electrons. The molecule has 2 heterocycles. The lowest BCUT2D eigenvalue weighted by Crippen LogP contribution is -2.44. The molecule has 1 saturated heterocycles. The second-order valence-corrected chi connectivity index (χ2v) is 4.32. The van der Waals surface area contributed by atoms with Crippen LogP contribution in [0.5, 0.6) is 0 Å². The van der Waals surface area contributed by atoms with Gasteiger partial charge < -0.3 is 10.2 Å². The van der Waals surface area contributed by atoms with Gasteiger partial charge in [0.1, 0.15) is 6.04 Å². The maximum atomic E-state index is 12.1. The molecule has 1 aromatic rings. The van der Waals surface area contributed by atoms with Crippen LogP contribution in [-0.4, -0.2) is 39.9 Å². The summed E-state index contributed by atoms with van der Waals surface area (Å²) in [4.78, 5) is 22.1. The molecule has 5 heteroatoms. The molecule has 1 amide bonds. The lowest BCUT2D eigenvalue weighted by molar-refractivity contribution is -0.132. The molecule has 92 valence electrons. The smallest absolute Gasteiger partial charge is 0.244 e. The lowest BCUT2D eigenvalue weighted by Gasteiger charge is -2.29. The van der Waals surface area contributed by atoms with Gasteiger partial charge in [0.2, 0.25) is 11.9 Å². The predicted molar refractivity (Wildman–Crippen MR) is 65.5 cm³/mol. The molecule has 1 unspecified atom stereocenters. The molecule has 2 rings (SSSR count). The van der Waals surface area contributed by atoms with Gasteiger partial charge in [-0.25, -0.2) is 9.97 Å². The molecule has 0 bridgehead atoms. The molecule has 1 atom stereocenters. The minimum absolute atomic E-state index is 0.136. The number of amides is 1. The summed E-state index contributed by atoms with van der Waals surface area (Å²) in [6, 6.07) is 1.48. The average Bonchev–Trinajstić information content (AvgIpc) is 2.40. The van der Waals surface area contributed by atoms with Crippen LogP contribution >= 0.6 is 0 Å². The van der Waals surface area contributed by atoms with E-state index in [4.69, 9.17) is 0 Å². The fraction of sp³-hybridized carbons (Fsp3) is 0.583. The van der Waals surface area contributed by atoms with Crippen molar-refractivity contribution in [1.29, 1.82) is 0 Å². The molecular weight excluding hydrogens is 216 g/mol. The van der Waals surface area contributed by atoms with Crippen molar-refractivity contribution in [3.8, 4) is 0 Å². The van der Waals surface area contributed by atoms with Gasteiger partial charge in [-0.1, -0.05) is 0 Å². The highest BCUT2D eigenvalue weighted by Gasteiger charge is 2.22. The van der Waals surface area contributed by atoms with Crippen molar-refractivity contribution in [2.45, 2.75) is 32.2 Å². The Hall–Kier alpha value is -1.65. The van der Waals surface area contributed by atoms with Gasteiger partial charge in [0.15, 0.2) is 0 Å². The van der Waals surface area contributed by atoms with Crippen molar-refractivity contribution in [3.63, 3.8) is 0 Å². The van der Waals surface area contributed by atoms with Gasteiger partial charge in [-0.2, -0.15) is 0 Å². The molecule has 1 N–H and O–H groups in total. The Morgan fingerprint density at radius 2 is 1.94 bits per heavy atom. The Balaban J connectivity index is 1.90. The summed E-state index contributed by atoms with van der Waals surface area (Å²) in [5, 5.41) is 3.03. The van der Waals surface area contributed by atoms with E-state index in [9.17, 15) is 4.79 Å². The van der Waals surface area contributed by atoms with E-state index >= 15 is 0 Å². The van der Waals surface area contributed by atoms with Crippen molar-refractivity contribution in [1.82, 2.24) is 14.9 Å². The number of anilines is 1. The van der Waals surface area contributed by atoms with Gasteiger partial charge >= 0.3 is 0 Å². The monoisotopic (exact) mass is 234 g/mol. The van der Waals surface area contributed by atoms with Crippen LogP contribution in [0, 0.1) is 0 Å². The Labute approximate surface area is 101 Å². The van der Waals surface area contributed by atoms with E-state index < -0.39 is 0 Å². The van der Waals surface area contributed by atoms with Crippen LogP contribution < -0.4 is 5.32 Å². The lowest BCUT2D eigenvalue weighted by atomic mass is 10.1. The van der Waals surface area contributed by atoms with Crippen LogP contribution in [0.1, 0.15) is 26.2 Å². The van der Waals surface area contributed by atoms with E-state index in [-0.39, 0.29) is 11.9 Å². The highest BCUT2D eigenvalue weighted by Crippen LogP contribution is 2.11. The van der Waals surface area contributed by atoms with Gasteiger partial charge in [-0.3, -0.25) is 4.79 Å². The van der Waals surface area contributed by atoms with Crippen LogP contribution in [0.4, 0.5) is 5.95 Å². The van der Waals surface area contributed by atoms with Gasteiger partial charge in [-0.05, 0) is 32.3 Å². The first-order valence-electron chi connectivity index (χ1n) is 6.10. The molecule has 0 aliphatic carbocycles. The zero-order valence-corrected chi connectivity index (χ0v) is 10.1. The summed E-state index contributed by atoms with van der Waals surface area (Å²) in [5.41, 5.74) is 0. The van der Waals surface area contributed by atoms with Crippen LogP contribution in [0.15, 0.2) is 18.5 Å². The Kier molecular flexibility index (Phi) is 3.90. The van der Waals surface area contributed by atoms with Crippen LogP contribution in [0.2, 0.25) is 0 Å². The van der Waals surface area contributed by atoms with Crippen LogP contribution in [-0.2, 0) is 4.79 Å². The fourth-order valence-electron chi connectivity index (χ4n) is 2.02. The van der Waals surface area contributed by atoms with E-state index in [1.807, 2.05) is 11.8 Å². The second kappa shape index (κ2) is 5.61. The third kappa shape index (κ3) is 3.15. The van der Waals surface area contributed by atoms with E-state index in [1.165, 1.54) is 6.42 Å². The highest BCUT2D eigenvalue weighted by molar-refractivity contribution is 5.83. The van der Waals surface area contributed by atoms with E-state index in [1.54, 1.807) is 18.5 Å². The number of nitrogens with zero attached hydrogens (tertiary/aromatic N) is 3. The van der Waals surface area contributed by atoms with Crippen molar-refractivity contribution in [2.75, 3.05) is 18.4 Å². The van der Waals surface area contributed by atoms with E-state index in [0.29, 0.717) is 5.95 Å². The maximum Gasteiger partial charge on any atom is 0.244 e. The highest BCUT2D eigenvalue weighted by atomic mass is 16.2. The summed E-state index contributed by atoms with van der Waals surface area (Å²) in [6.45, 7) is 3.61. The Bertz CT molecular complexity index is 362. The summed E-state index contributed by atoms with van der Waals surface area (Å²) in [6.07, 6.45) is 6.77. The summed E-state index contributed by atoms with van der Waals surface area (Å²) in [7, 11) is 0. The number of hydrogen-bond donors (Lipinski definition) is 1. The Morgan fingerprint density at radius 3 is 2.59 bits per heavy atom. The Morgan fingerprint density at radius 1 is 1.29 bits per heavy atom. The number of nitrogens with one attached hydrogen (secondary N) is 1. The summed E-state index contributed by atoms with van der Waals surface area (Å²) in [5.74, 6) is 0.641. The minimum Gasteiger partial charge on any atom is -0.343 e. The first-order valence-corrected chi connectivity index (χ1v) is 6.10. The number of carbonyl (C=O) groups is 1. The average molecular weight is 234 g/mol. The summed E-state index contributed by atoms with van der Waals surface area (Å²) < 4.78 is 0. The number of carbonyl (C=O) groups excluding carboxylic acids is 1.